The molecule has 66 valence electrons. The molecule has 0 aromatic carbocycles. The quantitative estimate of drug-likeness (QED) is 0.600. The summed E-state index contributed by atoms with van der Waals surface area (Å²) < 4.78 is 24.6. The van der Waals surface area contributed by atoms with Crippen molar-refractivity contribution in [3.63, 3.8) is 0 Å². The highest BCUT2D eigenvalue weighted by Crippen LogP contribution is 1.99. The van der Waals surface area contributed by atoms with Crippen molar-refractivity contribution in [3.8, 4) is 0 Å². The fraction of sp³-hybridized carbons (Fsp3) is 1.00. The summed E-state index contributed by atoms with van der Waals surface area (Å²) in [5.74, 6) is 0.170. The van der Waals surface area contributed by atoms with Crippen molar-refractivity contribution in [2.75, 3.05) is 18.8 Å². The Balaban J connectivity index is 2.41. The van der Waals surface area contributed by atoms with Gasteiger partial charge in [-0.3, -0.25) is 0 Å². The maximum atomic E-state index is 11.0. The predicted octanol–water partition coefficient (Wildman–Crippen LogP) is -0.712. The first-order chi connectivity index (χ1) is 5.14. The van der Waals surface area contributed by atoms with Gasteiger partial charge in [0.25, 0.3) is 0 Å². The Morgan fingerprint density at radius 1 is 1.64 bits per heavy atom. The molecule has 1 heterocycles. The SMILES string of the molecule is CCS(=O)(=O)NC1CCNC1. The summed E-state index contributed by atoms with van der Waals surface area (Å²) in [5, 5.41) is 3.09. The van der Waals surface area contributed by atoms with Crippen LogP contribution in [0.25, 0.3) is 0 Å². The monoisotopic (exact) mass is 178 g/mol. The largest absolute Gasteiger partial charge is 0.315 e. The van der Waals surface area contributed by atoms with Crippen LogP contribution in [-0.4, -0.2) is 33.3 Å². The van der Waals surface area contributed by atoms with Gasteiger partial charge in [0.2, 0.25) is 10.0 Å². The highest BCUT2D eigenvalue weighted by atomic mass is 32.2. The van der Waals surface area contributed by atoms with Gasteiger partial charge in [-0.15, -0.1) is 0 Å². The molecule has 1 fully saturated rings. The summed E-state index contributed by atoms with van der Waals surface area (Å²) in [5.41, 5.74) is 0. The molecule has 1 rings (SSSR count). The van der Waals surface area contributed by atoms with Crippen LogP contribution in [0.4, 0.5) is 0 Å². The molecular formula is C6H14N2O2S. The smallest absolute Gasteiger partial charge is 0.211 e. The first kappa shape index (κ1) is 8.96. The lowest BCUT2D eigenvalue weighted by Gasteiger charge is -2.09. The van der Waals surface area contributed by atoms with E-state index in [0.717, 1.165) is 19.5 Å². The molecule has 1 unspecified atom stereocenters. The van der Waals surface area contributed by atoms with Gasteiger partial charge < -0.3 is 5.32 Å². The van der Waals surface area contributed by atoms with E-state index < -0.39 is 10.0 Å². The Labute approximate surface area is 67.4 Å². The Bertz CT molecular complexity index is 207. The van der Waals surface area contributed by atoms with Crippen LogP contribution in [0.3, 0.4) is 0 Å². The Kier molecular flexibility index (Phi) is 2.86. The van der Waals surface area contributed by atoms with Crippen molar-refractivity contribution in [2.24, 2.45) is 0 Å². The lowest BCUT2D eigenvalue weighted by atomic mass is 10.3. The first-order valence-electron chi connectivity index (χ1n) is 3.85. The van der Waals surface area contributed by atoms with E-state index in [9.17, 15) is 8.42 Å². The highest BCUT2D eigenvalue weighted by molar-refractivity contribution is 7.89. The van der Waals surface area contributed by atoms with Crippen LogP contribution >= 0.6 is 0 Å². The maximum absolute atomic E-state index is 11.0. The van der Waals surface area contributed by atoms with Crippen LogP contribution in [0, 0.1) is 0 Å². The number of sulfonamides is 1. The van der Waals surface area contributed by atoms with Crippen LogP contribution in [0.1, 0.15) is 13.3 Å². The molecule has 2 N–H and O–H groups in total. The van der Waals surface area contributed by atoms with Crippen LogP contribution in [0.2, 0.25) is 0 Å². The molecule has 1 aliphatic rings. The molecule has 4 nitrogen and oxygen atoms in total. The molecule has 0 aromatic heterocycles. The maximum Gasteiger partial charge on any atom is 0.211 e. The molecule has 1 aliphatic heterocycles. The Hall–Kier alpha value is -0.130. The summed E-state index contributed by atoms with van der Waals surface area (Å²) in [6, 6.07) is 0.111. The molecule has 0 amide bonds. The van der Waals surface area contributed by atoms with Crippen molar-refractivity contribution in [1.29, 1.82) is 0 Å². The number of rotatable bonds is 3. The zero-order valence-corrected chi connectivity index (χ0v) is 7.45. The summed E-state index contributed by atoms with van der Waals surface area (Å²) in [4.78, 5) is 0. The van der Waals surface area contributed by atoms with Crippen molar-refractivity contribution in [1.82, 2.24) is 10.0 Å². The first-order valence-corrected chi connectivity index (χ1v) is 5.50. The third-order valence-corrected chi connectivity index (χ3v) is 3.24. The Morgan fingerprint density at radius 3 is 2.82 bits per heavy atom. The van der Waals surface area contributed by atoms with E-state index in [0.29, 0.717) is 0 Å². The Morgan fingerprint density at radius 2 is 2.36 bits per heavy atom. The van der Waals surface area contributed by atoms with Gasteiger partial charge in [0, 0.05) is 12.6 Å². The minimum absolute atomic E-state index is 0.111. The van der Waals surface area contributed by atoms with Crippen molar-refractivity contribution >= 4 is 10.0 Å². The van der Waals surface area contributed by atoms with Gasteiger partial charge in [0.15, 0.2) is 0 Å². The van der Waals surface area contributed by atoms with Crippen molar-refractivity contribution < 1.29 is 8.42 Å². The predicted molar refractivity (Wildman–Crippen MR) is 43.9 cm³/mol. The summed E-state index contributed by atoms with van der Waals surface area (Å²) in [6.07, 6.45) is 0.902. The van der Waals surface area contributed by atoms with Crippen LogP contribution in [-0.2, 0) is 10.0 Å². The highest BCUT2D eigenvalue weighted by Gasteiger charge is 2.18. The average molecular weight is 178 g/mol. The molecule has 5 heteroatoms. The molecule has 0 aliphatic carbocycles. The number of hydrogen-bond donors (Lipinski definition) is 2. The second-order valence-electron chi connectivity index (χ2n) is 2.71. The third-order valence-electron chi connectivity index (χ3n) is 1.79. The fourth-order valence-electron chi connectivity index (χ4n) is 1.09. The van der Waals surface area contributed by atoms with E-state index in [-0.39, 0.29) is 11.8 Å². The molecule has 1 atom stereocenters. The normalized spacial score (nSPS) is 25.7. The van der Waals surface area contributed by atoms with Gasteiger partial charge in [0.05, 0.1) is 5.75 Å². The molecule has 1 saturated heterocycles. The number of hydrogen-bond acceptors (Lipinski definition) is 3. The van der Waals surface area contributed by atoms with Gasteiger partial charge in [-0.05, 0) is 19.9 Å². The van der Waals surface area contributed by atoms with Gasteiger partial charge >= 0.3 is 0 Å². The molecule has 0 aromatic rings. The van der Waals surface area contributed by atoms with E-state index in [1.54, 1.807) is 6.92 Å². The van der Waals surface area contributed by atoms with E-state index in [4.69, 9.17) is 0 Å². The lowest BCUT2D eigenvalue weighted by molar-refractivity contribution is 0.561. The fourth-order valence-corrected chi connectivity index (χ4v) is 1.97. The minimum Gasteiger partial charge on any atom is -0.315 e. The third kappa shape index (κ3) is 2.76. The molecule has 0 spiro atoms. The van der Waals surface area contributed by atoms with Gasteiger partial charge in [-0.1, -0.05) is 0 Å². The van der Waals surface area contributed by atoms with Crippen molar-refractivity contribution in [3.05, 3.63) is 0 Å². The van der Waals surface area contributed by atoms with Crippen LogP contribution in [0.15, 0.2) is 0 Å². The second-order valence-corrected chi connectivity index (χ2v) is 4.75. The standard InChI is InChI=1S/C6H14N2O2S/c1-2-11(9,10)8-6-3-4-7-5-6/h6-8H,2-5H2,1H3. The molecular weight excluding hydrogens is 164 g/mol. The van der Waals surface area contributed by atoms with E-state index in [2.05, 4.69) is 10.0 Å². The second kappa shape index (κ2) is 3.51. The van der Waals surface area contributed by atoms with Gasteiger partial charge in [0.1, 0.15) is 0 Å². The van der Waals surface area contributed by atoms with Gasteiger partial charge in [-0.25, -0.2) is 13.1 Å². The zero-order chi connectivity index (χ0) is 8.32. The summed E-state index contributed by atoms with van der Waals surface area (Å²) in [6.45, 7) is 3.32. The van der Waals surface area contributed by atoms with Gasteiger partial charge in [-0.2, -0.15) is 0 Å². The summed E-state index contributed by atoms with van der Waals surface area (Å²) >= 11 is 0. The van der Waals surface area contributed by atoms with E-state index in [1.807, 2.05) is 0 Å². The summed E-state index contributed by atoms with van der Waals surface area (Å²) in [7, 11) is -2.99. The molecule has 0 radical (unpaired) electrons. The van der Waals surface area contributed by atoms with Crippen LogP contribution in [0.5, 0.6) is 0 Å². The molecule has 0 bridgehead atoms. The van der Waals surface area contributed by atoms with E-state index >= 15 is 0 Å². The minimum atomic E-state index is -2.99. The zero-order valence-electron chi connectivity index (χ0n) is 6.63. The van der Waals surface area contributed by atoms with Crippen LogP contribution < -0.4 is 10.0 Å². The molecule has 11 heavy (non-hydrogen) atoms. The lowest BCUT2D eigenvalue weighted by Crippen LogP contribution is -2.37. The van der Waals surface area contributed by atoms with E-state index in [1.165, 1.54) is 0 Å². The van der Waals surface area contributed by atoms with Crippen molar-refractivity contribution in [2.45, 2.75) is 19.4 Å². The topological polar surface area (TPSA) is 58.2 Å². The average Bonchev–Trinajstić information content (AvgIpc) is 2.39. The number of nitrogens with one attached hydrogen (secondary N) is 2. The molecule has 0 saturated carbocycles.